The summed E-state index contributed by atoms with van der Waals surface area (Å²) in [5, 5.41) is 3.32. The highest BCUT2D eigenvalue weighted by atomic mass is 16.2. The largest absolute Gasteiger partial charge is 0.328 e. The molecule has 7 nitrogen and oxygen atoms in total. The second-order valence-corrected chi connectivity index (χ2v) is 8.24. The molecule has 3 aromatic rings. The van der Waals surface area contributed by atoms with E-state index < -0.39 is 11.2 Å². The number of benzene rings is 2. The summed E-state index contributed by atoms with van der Waals surface area (Å²) in [6, 6.07) is 15.4. The molecule has 1 atom stereocenters. The molecule has 4 rings (SSSR count). The zero-order chi connectivity index (χ0) is 21.8. The van der Waals surface area contributed by atoms with Crippen molar-refractivity contribution in [2.45, 2.75) is 51.7 Å². The van der Waals surface area contributed by atoms with Crippen LogP contribution in [0, 0.1) is 0 Å². The van der Waals surface area contributed by atoms with Gasteiger partial charge in [-0.25, -0.2) is 4.79 Å². The molecule has 0 spiro atoms. The molecule has 1 unspecified atom stereocenters. The number of aromatic nitrogens is 2. The molecule has 2 aromatic carbocycles. The topological polar surface area (TPSA) is 87.2 Å². The molecule has 7 heteroatoms. The first-order valence-electron chi connectivity index (χ1n) is 10.9. The summed E-state index contributed by atoms with van der Waals surface area (Å²) in [4.78, 5) is 41.4. The fourth-order valence-corrected chi connectivity index (χ4v) is 4.22. The number of para-hydroxylation sites is 1. The highest BCUT2D eigenvalue weighted by Gasteiger charge is 2.18. The van der Waals surface area contributed by atoms with Crippen LogP contribution in [0.3, 0.4) is 0 Å². The van der Waals surface area contributed by atoms with Crippen molar-refractivity contribution in [2.75, 3.05) is 11.9 Å². The Bertz CT molecular complexity index is 1180. The minimum Gasteiger partial charge on any atom is -0.326 e. The van der Waals surface area contributed by atoms with E-state index in [1.807, 2.05) is 12.1 Å². The number of rotatable bonds is 6. The van der Waals surface area contributed by atoms with Gasteiger partial charge >= 0.3 is 5.69 Å². The highest BCUT2D eigenvalue weighted by Crippen LogP contribution is 2.20. The van der Waals surface area contributed by atoms with Crippen molar-refractivity contribution in [1.82, 2.24) is 14.5 Å². The predicted molar refractivity (Wildman–Crippen MR) is 122 cm³/mol. The third kappa shape index (κ3) is 4.94. The van der Waals surface area contributed by atoms with Gasteiger partial charge in [0.25, 0.3) is 5.56 Å². The molecule has 1 aliphatic rings. The lowest BCUT2D eigenvalue weighted by Gasteiger charge is -2.33. The van der Waals surface area contributed by atoms with Gasteiger partial charge in [-0.05, 0) is 56.1 Å². The Morgan fingerprint density at radius 3 is 2.65 bits per heavy atom. The summed E-state index contributed by atoms with van der Waals surface area (Å²) in [6.45, 7) is 4.54. The fraction of sp³-hybridized carbons (Fsp3) is 0.375. The lowest BCUT2D eigenvalue weighted by Crippen LogP contribution is -2.36. The summed E-state index contributed by atoms with van der Waals surface area (Å²) in [5.74, 6) is -0.181. The number of H-pyrrole nitrogens is 1. The maximum atomic E-state index is 12.4. The van der Waals surface area contributed by atoms with Crippen molar-refractivity contribution in [1.29, 1.82) is 0 Å². The van der Waals surface area contributed by atoms with Crippen molar-refractivity contribution in [3.63, 3.8) is 0 Å². The Hall–Kier alpha value is -3.19. The number of piperidine rings is 1. The minimum absolute atomic E-state index is 0.128. The van der Waals surface area contributed by atoms with Crippen LogP contribution in [0.15, 0.2) is 58.1 Å². The molecule has 31 heavy (non-hydrogen) atoms. The van der Waals surface area contributed by atoms with Gasteiger partial charge in [0.05, 0.1) is 10.9 Å². The second-order valence-electron chi connectivity index (χ2n) is 8.24. The number of aromatic amines is 1. The van der Waals surface area contributed by atoms with Crippen LogP contribution in [0.5, 0.6) is 0 Å². The standard InChI is InChI=1S/C24H28N4O3/c1-17-6-4-5-14-27(17)16-18-9-11-19(12-10-18)25-22(29)13-15-28-21-8-3-2-7-20(21)23(30)26-24(28)31/h2-3,7-12,17H,4-6,13-16H2,1H3,(H,25,29)(H,26,30,31). The Labute approximate surface area is 180 Å². The van der Waals surface area contributed by atoms with Crippen LogP contribution in [0.25, 0.3) is 10.9 Å². The zero-order valence-electron chi connectivity index (χ0n) is 17.8. The second kappa shape index (κ2) is 9.31. The lowest BCUT2D eigenvalue weighted by molar-refractivity contribution is -0.116. The van der Waals surface area contributed by atoms with Gasteiger partial charge in [-0.15, -0.1) is 0 Å². The van der Waals surface area contributed by atoms with Gasteiger partial charge in [0.15, 0.2) is 0 Å². The molecule has 1 aromatic heterocycles. The summed E-state index contributed by atoms with van der Waals surface area (Å²) in [7, 11) is 0. The number of fused-ring (bicyclic) bond motifs is 1. The third-order valence-electron chi connectivity index (χ3n) is 6.03. The molecule has 0 saturated carbocycles. The molecule has 1 saturated heterocycles. The van der Waals surface area contributed by atoms with Crippen LogP contribution in [-0.4, -0.2) is 32.9 Å². The first kappa shape index (κ1) is 21.1. The number of hydrogen-bond donors (Lipinski definition) is 2. The molecular formula is C24H28N4O3. The van der Waals surface area contributed by atoms with Crippen molar-refractivity contribution in [2.24, 2.45) is 0 Å². The third-order valence-corrected chi connectivity index (χ3v) is 6.03. The Morgan fingerprint density at radius 1 is 1.10 bits per heavy atom. The van der Waals surface area contributed by atoms with Gasteiger partial charge in [-0.2, -0.15) is 0 Å². The molecule has 162 valence electrons. The van der Waals surface area contributed by atoms with E-state index in [1.54, 1.807) is 24.3 Å². The van der Waals surface area contributed by atoms with Crippen LogP contribution in [0.4, 0.5) is 5.69 Å². The van der Waals surface area contributed by atoms with Crippen molar-refractivity contribution in [3.8, 4) is 0 Å². The minimum atomic E-state index is -0.507. The molecule has 1 fully saturated rings. The van der Waals surface area contributed by atoms with Crippen LogP contribution in [0.2, 0.25) is 0 Å². The van der Waals surface area contributed by atoms with E-state index >= 15 is 0 Å². The predicted octanol–water partition coefficient (Wildman–Crippen LogP) is 3.09. The number of carbonyl (C=O) groups is 1. The SMILES string of the molecule is CC1CCCCN1Cc1ccc(NC(=O)CCn2c(=O)[nH]c(=O)c3ccccc32)cc1. The van der Waals surface area contributed by atoms with E-state index in [9.17, 15) is 14.4 Å². The van der Waals surface area contributed by atoms with E-state index in [1.165, 1.54) is 29.4 Å². The van der Waals surface area contributed by atoms with Gasteiger partial charge in [0.2, 0.25) is 5.91 Å². The first-order chi connectivity index (χ1) is 15.0. The highest BCUT2D eigenvalue weighted by molar-refractivity contribution is 5.90. The average molecular weight is 421 g/mol. The van der Waals surface area contributed by atoms with E-state index in [0.717, 1.165) is 18.8 Å². The number of carbonyl (C=O) groups excluding carboxylic acids is 1. The van der Waals surface area contributed by atoms with E-state index in [-0.39, 0.29) is 18.9 Å². The number of nitrogens with one attached hydrogen (secondary N) is 2. The number of hydrogen-bond acceptors (Lipinski definition) is 4. The lowest BCUT2D eigenvalue weighted by atomic mass is 10.0. The molecule has 2 heterocycles. The van der Waals surface area contributed by atoms with E-state index in [0.29, 0.717) is 16.9 Å². The average Bonchev–Trinajstić information content (AvgIpc) is 2.76. The molecule has 0 aliphatic carbocycles. The van der Waals surface area contributed by atoms with E-state index in [2.05, 4.69) is 34.3 Å². The maximum Gasteiger partial charge on any atom is 0.328 e. The molecular weight excluding hydrogens is 392 g/mol. The van der Waals surface area contributed by atoms with Gasteiger partial charge in [-0.1, -0.05) is 30.7 Å². The normalized spacial score (nSPS) is 17.0. The van der Waals surface area contributed by atoms with Gasteiger partial charge in [0, 0.05) is 31.2 Å². The van der Waals surface area contributed by atoms with Crippen LogP contribution in [-0.2, 0) is 17.9 Å². The van der Waals surface area contributed by atoms with Crippen molar-refractivity contribution < 1.29 is 4.79 Å². The number of amides is 1. The Morgan fingerprint density at radius 2 is 1.87 bits per heavy atom. The first-order valence-corrected chi connectivity index (χ1v) is 10.9. The molecule has 1 amide bonds. The Balaban J connectivity index is 1.37. The van der Waals surface area contributed by atoms with Crippen molar-refractivity contribution in [3.05, 3.63) is 74.9 Å². The quantitative estimate of drug-likeness (QED) is 0.642. The van der Waals surface area contributed by atoms with Crippen molar-refractivity contribution >= 4 is 22.5 Å². The summed E-state index contributed by atoms with van der Waals surface area (Å²) in [6.07, 6.45) is 3.95. The summed E-state index contributed by atoms with van der Waals surface area (Å²) in [5.41, 5.74) is 1.57. The zero-order valence-corrected chi connectivity index (χ0v) is 17.8. The summed E-state index contributed by atoms with van der Waals surface area (Å²) >= 11 is 0. The number of aryl methyl sites for hydroxylation is 1. The Kier molecular flexibility index (Phi) is 6.32. The van der Waals surface area contributed by atoms with Crippen LogP contribution < -0.4 is 16.6 Å². The van der Waals surface area contributed by atoms with E-state index in [4.69, 9.17) is 0 Å². The molecule has 1 aliphatic heterocycles. The van der Waals surface area contributed by atoms with Crippen LogP contribution in [0.1, 0.15) is 38.2 Å². The maximum absolute atomic E-state index is 12.4. The number of nitrogens with zero attached hydrogens (tertiary/aromatic N) is 2. The number of anilines is 1. The number of likely N-dealkylation sites (tertiary alicyclic amines) is 1. The monoisotopic (exact) mass is 420 g/mol. The van der Waals surface area contributed by atoms with Gasteiger partial charge in [0.1, 0.15) is 0 Å². The molecule has 0 radical (unpaired) electrons. The smallest absolute Gasteiger partial charge is 0.326 e. The van der Waals surface area contributed by atoms with Gasteiger partial charge in [-0.3, -0.25) is 24.0 Å². The summed E-state index contributed by atoms with van der Waals surface area (Å²) < 4.78 is 1.43. The fourth-order valence-electron chi connectivity index (χ4n) is 4.22. The molecule has 0 bridgehead atoms. The van der Waals surface area contributed by atoms with Crippen LogP contribution >= 0.6 is 0 Å². The molecule has 2 N–H and O–H groups in total. The van der Waals surface area contributed by atoms with Gasteiger partial charge < -0.3 is 5.32 Å².